The van der Waals surface area contributed by atoms with Gasteiger partial charge in [0.2, 0.25) is 5.91 Å². The maximum absolute atomic E-state index is 12.4. The molecule has 0 aliphatic heterocycles. The predicted molar refractivity (Wildman–Crippen MR) is 89.5 cm³/mol. The van der Waals surface area contributed by atoms with Crippen molar-refractivity contribution in [1.29, 1.82) is 0 Å². The van der Waals surface area contributed by atoms with Gasteiger partial charge in [0.25, 0.3) is 0 Å². The number of amides is 1. The Labute approximate surface area is 139 Å². The van der Waals surface area contributed by atoms with Crippen molar-refractivity contribution in [3.63, 3.8) is 0 Å². The molecule has 0 aliphatic rings. The summed E-state index contributed by atoms with van der Waals surface area (Å²) in [6, 6.07) is 12.8. The molecule has 6 heteroatoms. The van der Waals surface area contributed by atoms with E-state index >= 15 is 0 Å². The van der Waals surface area contributed by atoms with Gasteiger partial charge in [-0.05, 0) is 24.6 Å². The number of benzene rings is 1. The van der Waals surface area contributed by atoms with Gasteiger partial charge in [-0.2, -0.15) is 0 Å². The molecule has 1 amide bonds. The van der Waals surface area contributed by atoms with E-state index in [9.17, 15) is 9.59 Å². The number of hydrogen-bond donors (Lipinski definition) is 1. The highest BCUT2D eigenvalue weighted by molar-refractivity contribution is 8.00. The molecule has 1 heterocycles. The van der Waals surface area contributed by atoms with E-state index in [1.165, 1.54) is 12.3 Å². The summed E-state index contributed by atoms with van der Waals surface area (Å²) in [4.78, 5) is 29.3. The Bertz CT molecular complexity index is 677. The molecule has 5 nitrogen and oxygen atoms in total. The summed E-state index contributed by atoms with van der Waals surface area (Å²) in [5.41, 5.74) is 1.19. The van der Waals surface area contributed by atoms with Crippen molar-refractivity contribution in [2.45, 2.75) is 18.5 Å². The van der Waals surface area contributed by atoms with Gasteiger partial charge in [0.15, 0.2) is 0 Å². The number of pyridine rings is 1. The van der Waals surface area contributed by atoms with Crippen molar-refractivity contribution >= 4 is 23.6 Å². The average molecular weight is 330 g/mol. The Morgan fingerprint density at radius 3 is 2.57 bits per heavy atom. The predicted octanol–water partition coefficient (Wildman–Crippen LogP) is 2.92. The number of thioether (sulfide) groups is 1. The van der Waals surface area contributed by atoms with E-state index in [0.717, 1.165) is 17.3 Å². The summed E-state index contributed by atoms with van der Waals surface area (Å²) in [6.45, 7) is 3.07. The van der Waals surface area contributed by atoms with E-state index in [-0.39, 0.29) is 17.2 Å². The molecule has 23 heavy (non-hydrogen) atoms. The van der Waals surface area contributed by atoms with Crippen LogP contribution >= 0.6 is 11.8 Å². The minimum Gasteiger partial charge on any atom is -0.478 e. The molecule has 1 aromatic heterocycles. The van der Waals surface area contributed by atoms with Crippen molar-refractivity contribution in [3.8, 4) is 0 Å². The quantitative estimate of drug-likeness (QED) is 0.791. The first-order valence-electron chi connectivity index (χ1n) is 7.24. The number of hydrogen-bond acceptors (Lipinski definition) is 4. The molecule has 2 rings (SSSR count). The summed E-state index contributed by atoms with van der Waals surface area (Å²) in [7, 11) is 0. The zero-order chi connectivity index (χ0) is 16.7. The fraction of sp³-hybridized carbons (Fsp3) is 0.235. The van der Waals surface area contributed by atoms with E-state index < -0.39 is 5.97 Å². The number of aromatic carboxylic acids is 1. The highest BCUT2D eigenvalue weighted by atomic mass is 32.2. The van der Waals surface area contributed by atoms with Crippen molar-refractivity contribution in [2.24, 2.45) is 0 Å². The zero-order valence-corrected chi connectivity index (χ0v) is 13.6. The lowest BCUT2D eigenvalue weighted by Gasteiger charge is -2.21. The van der Waals surface area contributed by atoms with E-state index in [1.807, 2.05) is 37.3 Å². The van der Waals surface area contributed by atoms with E-state index in [0.29, 0.717) is 18.1 Å². The van der Waals surface area contributed by atoms with Crippen LogP contribution in [0.5, 0.6) is 0 Å². The number of nitrogens with zero attached hydrogens (tertiary/aromatic N) is 2. The van der Waals surface area contributed by atoms with Crippen molar-refractivity contribution in [3.05, 3.63) is 59.8 Å². The second kappa shape index (κ2) is 8.33. The van der Waals surface area contributed by atoms with Crippen LogP contribution in [-0.2, 0) is 11.3 Å². The van der Waals surface area contributed by atoms with Crippen LogP contribution < -0.4 is 0 Å². The Balaban J connectivity index is 1.99. The van der Waals surface area contributed by atoms with Gasteiger partial charge in [0.1, 0.15) is 5.03 Å². The van der Waals surface area contributed by atoms with Crippen LogP contribution in [0.3, 0.4) is 0 Å². The van der Waals surface area contributed by atoms with Gasteiger partial charge in [-0.25, -0.2) is 9.78 Å². The van der Waals surface area contributed by atoms with Crippen LogP contribution in [0.2, 0.25) is 0 Å². The lowest BCUT2D eigenvalue weighted by atomic mass is 10.2. The average Bonchev–Trinajstić information content (AvgIpc) is 2.58. The fourth-order valence-electron chi connectivity index (χ4n) is 2.07. The van der Waals surface area contributed by atoms with Gasteiger partial charge in [0, 0.05) is 19.3 Å². The van der Waals surface area contributed by atoms with Gasteiger partial charge in [0.05, 0.1) is 11.3 Å². The van der Waals surface area contributed by atoms with Crippen LogP contribution in [0.1, 0.15) is 22.8 Å². The molecule has 0 spiro atoms. The van der Waals surface area contributed by atoms with Crippen LogP contribution in [0, 0.1) is 0 Å². The Morgan fingerprint density at radius 1 is 1.17 bits per heavy atom. The van der Waals surface area contributed by atoms with Gasteiger partial charge >= 0.3 is 5.97 Å². The molecule has 1 aromatic carbocycles. The van der Waals surface area contributed by atoms with Crippen molar-refractivity contribution in [1.82, 2.24) is 9.88 Å². The number of carbonyl (C=O) groups excluding carboxylic acids is 1. The molecule has 0 fully saturated rings. The van der Waals surface area contributed by atoms with Gasteiger partial charge in [-0.1, -0.05) is 42.1 Å². The number of rotatable bonds is 7. The number of carboxylic acid groups (broad SMARTS) is 1. The van der Waals surface area contributed by atoms with Crippen LogP contribution in [-0.4, -0.2) is 39.2 Å². The van der Waals surface area contributed by atoms with E-state index in [4.69, 9.17) is 5.11 Å². The van der Waals surface area contributed by atoms with Crippen LogP contribution in [0.15, 0.2) is 53.7 Å². The molecule has 0 saturated carbocycles. The van der Waals surface area contributed by atoms with Gasteiger partial charge < -0.3 is 10.0 Å². The van der Waals surface area contributed by atoms with E-state index in [2.05, 4.69) is 4.98 Å². The summed E-state index contributed by atoms with van der Waals surface area (Å²) in [6.07, 6.45) is 1.53. The monoisotopic (exact) mass is 330 g/mol. The van der Waals surface area contributed by atoms with Crippen LogP contribution in [0.25, 0.3) is 0 Å². The molecule has 120 valence electrons. The molecule has 2 aromatic rings. The molecule has 1 N–H and O–H groups in total. The molecular weight excluding hydrogens is 312 g/mol. The fourth-order valence-corrected chi connectivity index (χ4v) is 2.96. The SMILES string of the molecule is CCN(Cc1ccccc1)C(=O)CSc1ncccc1C(=O)O. The molecule has 0 unspecified atom stereocenters. The molecule has 0 saturated heterocycles. The number of carboxylic acids is 1. The van der Waals surface area contributed by atoms with Crippen LogP contribution in [0.4, 0.5) is 0 Å². The van der Waals surface area contributed by atoms with Crippen molar-refractivity contribution < 1.29 is 14.7 Å². The lowest BCUT2D eigenvalue weighted by molar-refractivity contribution is -0.128. The maximum atomic E-state index is 12.4. The van der Waals surface area contributed by atoms with Crippen molar-refractivity contribution in [2.75, 3.05) is 12.3 Å². The number of aromatic nitrogens is 1. The third-order valence-electron chi connectivity index (χ3n) is 3.28. The van der Waals surface area contributed by atoms with Gasteiger partial charge in [-0.3, -0.25) is 4.79 Å². The standard InChI is InChI=1S/C17H18N2O3S/c1-2-19(11-13-7-4-3-5-8-13)15(20)12-23-16-14(17(21)22)9-6-10-18-16/h3-10H,2,11-12H2,1H3,(H,21,22). The Kier molecular flexibility index (Phi) is 6.17. The first-order valence-corrected chi connectivity index (χ1v) is 8.23. The zero-order valence-electron chi connectivity index (χ0n) is 12.8. The highest BCUT2D eigenvalue weighted by Gasteiger charge is 2.16. The molecule has 0 atom stereocenters. The summed E-state index contributed by atoms with van der Waals surface area (Å²) in [5.74, 6) is -0.911. The molecule has 0 radical (unpaired) electrons. The molecule has 0 aliphatic carbocycles. The first-order chi connectivity index (χ1) is 11.1. The maximum Gasteiger partial charge on any atom is 0.338 e. The smallest absolute Gasteiger partial charge is 0.338 e. The number of carbonyl (C=O) groups is 2. The first kappa shape index (κ1) is 17.0. The third-order valence-corrected chi connectivity index (χ3v) is 4.27. The third kappa shape index (κ3) is 4.82. The lowest BCUT2D eigenvalue weighted by Crippen LogP contribution is -2.31. The van der Waals surface area contributed by atoms with Gasteiger partial charge in [-0.15, -0.1) is 0 Å². The van der Waals surface area contributed by atoms with E-state index in [1.54, 1.807) is 11.0 Å². The highest BCUT2D eigenvalue weighted by Crippen LogP contribution is 2.20. The molecular formula is C17H18N2O3S. The largest absolute Gasteiger partial charge is 0.478 e. The second-order valence-electron chi connectivity index (χ2n) is 4.84. The summed E-state index contributed by atoms with van der Waals surface area (Å²) >= 11 is 1.15. The summed E-state index contributed by atoms with van der Waals surface area (Å²) in [5, 5.41) is 9.50. The molecule has 0 bridgehead atoms. The Hall–Kier alpha value is -2.34. The topological polar surface area (TPSA) is 70.5 Å². The Morgan fingerprint density at radius 2 is 1.91 bits per heavy atom. The second-order valence-corrected chi connectivity index (χ2v) is 5.81. The normalized spacial score (nSPS) is 10.3. The minimum absolute atomic E-state index is 0.0386. The summed E-state index contributed by atoms with van der Waals surface area (Å²) < 4.78 is 0. The minimum atomic E-state index is -1.04.